The van der Waals surface area contributed by atoms with E-state index in [4.69, 9.17) is 0 Å². The van der Waals surface area contributed by atoms with Gasteiger partial charge in [-0.3, -0.25) is 0 Å². The van der Waals surface area contributed by atoms with Gasteiger partial charge in [-0.2, -0.15) is 0 Å². The van der Waals surface area contributed by atoms with E-state index in [0.717, 1.165) is 20.1 Å². The van der Waals surface area contributed by atoms with E-state index in [1.165, 1.54) is 0 Å². The zero-order chi connectivity index (χ0) is 10.8. The van der Waals surface area contributed by atoms with Crippen molar-refractivity contribution in [3.8, 4) is 16.9 Å². The molecule has 0 atom stereocenters. The molecule has 0 aromatic heterocycles. The van der Waals surface area contributed by atoms with Crippen LogP contribution in [0.2, 0.25) is 0 Å². The van der Waals surface area contributed by atoms with Gasteiger partial charge in [0, 0.05) is 8.95 Å². The van der Waals surface area contributed by atoms with Gasteiger partial charge >= 0.3 is 0 Å². The normalized spacial score (nSPS) is 10.3. The Morgan fingerprint density at radius 3 is 2.20 bits per heavy atom. The van der Waals surface area contributed by atoms with Crippen LogP contribution in [0.15, 0.2) is 51.4 Å². The molecule has 0 saturated heterocycles. The van der Waals surface area contributed by atoms with E-state index < -0.39 is 0 Å². The minimum atomic E-state index is 0.282. The molecule has 2 aromatic carbocycles. The van der Waals surface area contributed by atoms with Crippen LogP contribution < -0.4 is 0 Å². The first-order chi connectivity index (χ1) is 7.16. The maximum absolute atomic E-state index is 9.21. The van der Waals surface area contributed by atoms with Crippen molar-refractivity contribution in [1.82, 2.24) is 0 Å². The monoisotopic (exact) mass is 326 g/mol. The first-order valence-electron chi connectivity index (χ1n) is 4.41. The molecule has 0 aliphatic carbocycles. The fraction of sp³-hybridized carbons (Fsp3) is 0. The average Bonchev–Trinajstić information content (AvgIpc) is 2.23. The standard InChI is InChI=1S/C12H8Br2O/c13-9-3-6-12(14)11(7-9)8-1-4-10(15)5-2-8/h1-7,15H. The lowest BCUT2D eigenvalue weighted by Gasteiger charge is -2.05. The fourth-order valence-corrected chi connectivity index (χ4v) is 2.20. The van der Waals surface area contributed by atoms with Crippen LogP contribution in [0.4, 0.5) is 0 Å². The molecule has 1 N–H and O–H groups in total. The minimum absolute atomic E-state index is 0.282. The van der Waals surface area contributed by atoms with Gasteiger partial charge in [0.05, 0.1) is 0 Å². The molecule has 0 aliphatic heterocycles. The molecule has 3 heteroatoms. The summed E-state index contributed by atoms with van der Waals surface area (Å²) in [6, 6.07) is 13.2. The summed E-state index contributed by atoms with van der Waals surface area (Å²) in [6.45, 7) is 0. The van der Waals surface area contributed by atoms with Gasteiger partial charge in [0.1, 0.15) is 5.75 Å². The van der Waals surface area contributed by atoms with Crippen molar-refractivity contribution in [3.05, 3.63) is 51.4 Å². The summed E-state index contributed by atoms with van der Waals surface area (Å²) in [5, 5.41) is 9.21. The highest BCUT2D eigenvalue weighted by molar-refractivity contribution is 9.11. The highest BCUT2D eigenvalue weighted by atomic mass is 79.9. The van der Waals surface area contributed by atoms with E-state index in [2.05, 4.69) is 31.9 Å². The van der Waals surface area contributed by atoms with Crippen molar-refractivity contribution in [2.75, 3.05) is 0 Å². The van der Waals surface area contributed by atoms with Gasteiger partial charge in [0.25, 0.3) is 0 Å². The lowest BCUT2D eigenvalue weighted by atomic mass is 10.1. The van der Waals surface area contributed by atoms with Crippen LogP contribution in [-0.2, 0) is 0 Å². The smallest absolute Gasteiger partial charge is 0.115 e. The van der Waals surface area contributed by atoms with Crippen molar-refractivity contribution in [2.45, 2.75) is 0 Å². The van der Waals surface area contributed by atoms with Crippen molar-refractivity contribution in [1.29, 1.82) is 0 Å². The number of phenolic OH excluding ortho intramolecular Hbond substituents is 1. The van der Waals surface area contributed by atoms with Crippen LogP contribution in [0.5, 0.6) is 5.75 Å². The van der Waals surface area contributed by atoms with Gasteiger partial charge < -0.3 is 5.11 Å². The summed E-state index contributed by atoms with van der Waals surface area (Å²) >= 11 is 6.94. The first-order valence-corrected chi connectivity index (χ1v) is 6.00. The maximum Gasteiger partial charge on any atom is 0.115 e. The average molecular weight is 328 g/mol. The Morgan fingerprint density at radius 1 is 0.867 bits per heavy atom. The zero-order valence-corrected chi connectivity index (χ0v) is 10.9. The summed E-state index contributed by atoms with van der Waals surface area (Å²) in [4.78, 5) is 0. The lowest BCUT2D eigenvalue weighted by Crippen LogP contribution is -1.79. The van der Waals surface area contributed by atoms with Crippen molar-refractivity contribution < 1.29 is 5.11 Å². The van der Waals surface area contributed by atoms with Crippen LogP contribution in [0.25, 0.3) is 11.1 Å². The van der Waals surface area contributed by atoms with Gasteiger partial charge in [0.2, 0.25) is 0 Å². The zero-order valence-electron chi connectivity index (χ0n) is 7.74. The molecule has 76 valence electrons. The molecule has 0 bridgehead atoms. The third-order valence-electron chi connectivity index (χ3n) is 2.11. The molecule has 2 aromatic rings. The van der Waals surface area contributed by atoms with Gasteiger partial charge in [0.15, 0.2) is 0 Å². The van der Waals surface area contributed by atoms with Gasteiger partial charge in [-0.25, -0.2) is 0 Å². The number of halogens is 2. The largest absolute Gasteiger partial charge is 0.508 e. The van der Waals surface area contributed by atoms with E-state index in [0.29, 0.717) is 0 Å². The number of benzene rings is 2. The Bertz CT molecular complexity index is 477. The van der Waals surface area contributed by atoms with Crippen LogP contribution >= 0.6 is 31.9 Å². The maximum atomic E-state index is 9.21. The number of hydrogen-bond donors (Lipinski definition) is 1. The van der Waals surface area contributed by atoms with Crippen molar-refractivity contribution in [3.63, 3.8) is 0 Å². The Labute approximate surface area is 105 Å². The molecule has 0 unspecified atom stereocenters. The van der Waals surface area contributed by atoms with E-state index in [1.54, 1.807) is 12.1 Å². The molecule has 0 heterocycles. The SMILES string of the molecule is Oc1ccc(-c2cc(Br)ccc2Br)cc1. The first kappa shape index (κ1) is 10.7. The molecule has 0 fully saturated rings. The van der Waals surface area contributed by atoms with Crippen molar-refractivity contribution in [2.24, 2.45) is 0 Å². The van der Waals surface area contributed by atoms with E-state index in [1.807, 2.05) is 30.3 Å². The Balaban J connectivity index is 2.53. The minimum Gasteiger partial charge on any atom is -0.508 e. The van der Waals surface area contributed by atoms with Gasteiger partial charge in [-0.1, -0.05) is 44.0 Å². The summed E-state index contributed by atoms with van der Waals surface area (Å²) in [7, 11) is 0. The van der Waals surface area contributed by atoms with Crippen LogP contribution in [0.1, 0.15) is 0 Å². The lowest BCUT2D eigenvalue weighted by molar-refractivity contribution is 0.475. The second kappa shape index (κ2) is 4.37. The molecule has 15 heavy (non-hydrogen) atoms. The third kappa shape index (κ3) is 2.41. The summed E-state index contributed by atoms with van der Waals surface area (Å²) < 4.78 is 2.07. The van der Waals surface area contributed by atoms with Crippen LogP contribution in [-0.4, -0.2) is 5.11 Å². The second-order valence-electron chi connectivity index (χ2n) is 3.17. The summed E-state index contributed by atoms with van der Waals surface area (Å²) in [5.41, 5.74) is 2.17. The summed E-state index contributed by atoms with van der Waals surface area (Å²) in [5.74, 6) is 0.282. The third-order valence-corrected chi connectivity index (χ3v) is 3.29. The fourth-order valence-electron chi connectivity index (χ4n) is 1.36. The number of phenols is 1. The predicted octanol–water partition coefficient (Wildman–Crippen LogP) is 4.58. The van der Waals surface area contributed by atoms with Gasteiger partial charge in [-0.15, -0.1) is 0 Å². The highest BCUT2D eigenvalue weighted by Crippen LogP contribution is 2.31. The van der Waals surface area contributed by atoms with E-state index in [-0.39, 0.29) is 5.75 Å². The number of hydrogen-bond acceptors (Lipinski definition) is 1. The molecular weight excluding hydrogens is 320 g/mol. The summed E-state index contributed by atoms with van der Waals surface area (Å²) in [6.07, 6.45) is 0. The van der Waals surface area contributed by atoms with Crippen LogP contribution in [0, 0.1) is 0 Å². The van der Waals surface area contributed by atoms with Gasteiger partial charge in [-0.05, 0) is 41.5 Å². The second-order valence-corrected chi connectivity index (χ2v) is 4.94. The molecule has 2 rings (SSSR count). The molecule has 0 radical (unpaired) electrons. The Kier molecular flexibility index (Phi) is 3.12. The highest BCUT2D eigenvalue weighted by Gasteiger charge is 2.03. The molecule has 0 spiro atoms. The van der Waals surface area contributed by atoms with Crippen LogP contribution in [0.3, 0.4) is 0 Å². The molecular formula is C12H8Br2O. The Morgan fingerprint density at radius 2 is 1.53 bits per heavy atom. The number of rotatable bonds is 1. The predicted molar refractivity (Wildman–Crippen MR) is 68.9 cm³/mol. The van der Waals surface area contributed by atoms with E-state index in [9.17, 15) is 5.11 Å². The molecule has 1 nitrogen and oxygen atoms in total. The molecule has 0 amide bonds. The van der Waals surface area contributed by atoms with E-state index >= 15 is 0 Å². The van der Waals surface area contributed by atoms with Crippen molar-refractivity contribution >= 4 is 31.9 Å². The molecule has 0 aliphatic rings. The number of aromatic hydroxyl groups is 1. The molecule has 0 saturated carbocycles. The Hall–Kier alpha value is -0.800. The quantitative estimate of drug-likeness (QED) is 0.812. The topological polar surface area (TPSA) is 20.2 Å².